The Morgan fingerprint density at radius 2 is 1.45 bits per heavy atom. The van der Waals surface area contributed by atoms with E-state index in [9.17, 15) is 9.18 Å². The van der Waals surface area contributed by atoms with Gasteiger partial charge in [0.15, 0.2) is 0 Å². The van der Waals surface area contributed by atoms with Crippen molar-refractivity contribution in [2.75, 3.05) is 21.3 Å². The summed E-state index contributed by atoms with van der Waals surface area (Å²) >= 11 is 0. The van der Waals surface area contributed by atoms with Crippen LogP contribution in [0.25, 0.3) is 22.3 Å². The van der Waals surface area contributed by atoms with E-state index >= 15 is 0 Å². The molecule has 3 aromatic rings. The quantitative estimate of drug-likeness (QED) is 0.229. The molecule has 0 N–H and O–H groups in total. The molecular formula is C27H27FO5. The molecule has 0 spiro atoms. The lowest BCUT2D eigenvalue weighted by Gasteiger charge is -2.15. The van der Waals surface area contributed by atoms with Gasteiger partial charge in [-0.2, -0.15) is 0 Å². The van der Waals surface area contributed by atoms with E-state index in [-0.39, 0.29) is 12.4 Å². The molecule has 172 valence electrons. The highest BCUT2D eigenvalue weighted by molar-refractivity contribution is 5.89. The van der Waals surface area contributed by atoms with E-state index in [1.807, 2.05) is 30.3 Å². The second-order valence-corrected chi connectivity index (χ2v) is 7.58. The molecule has 5 nitrogen and oxygen atoms in total. The van der Waals surface area contributed by atoms with Gasteiger partial charge in [-0.15, -0.1) is 0 Å². The van der Waals surface area contributed by atoms with Crippen LogP contribution < -0.4 is 9.47 Å². The van der Waals surface area contributed by atoms with E-state index in [1.165, 1.54) is 13.2 Å². The lowest BCUT2D eigenvalue weighted by Crippen LogP contribution is -2.10. The maximum absolute atomic E-state index is 14.6. The fourth-order valence-corrected chi connectivity index (χ4v) is 3.48. The molecule has 0 aromatic heterocycles. The summed E-state index contributed by atoms with van der Waals surface area (Å²) in [7, 11) is 4.69. The van der Waals surface area contributed by atoms with Gasteiger partial charge in [0.05, 0.1) is 20.3 Å². The summed E-state index contributed by atoms with van der Waals surface area (Å²) in [5, 5.41) is 0. The molecule has 0 saturated heterocycles. The number of esters is 1. The van der Waals surface area contributed by atoms with Gasteiger partial charge >= 0.3 is 5.97 Å². The highest BCUT2D eigenvalue weighted by atomic mass is 19.1. The van der Waals surface area contributed by atoms with Crippen molar-refractivity contribution < 1.29 is 28.1 Å². The Balaban J connectivity index is 2.04. The predicted molar refractivity (Wildman–Crippen MR) is 126 cm³/mol. The fraction of sp³-hybridized carbons (Fsp3) is 0.222. The number of hydrogen-bond acceptors (Lipinski definition) is 5. The third-order valence-corrected chi connectivity index (χ3v) is 5.11. The lowest BCUT2D eigenvalue weighted by molar-refractivity contribution is -0.130. The van der Waals surface area contributed by atoms with Crippen LogP contribution in [0.4, 0.5) is 4.39 Å². The molecule has 3 rings (SSSR count). The van der Waals surface area contributed by atoms with Crippen molar-refractivity contribution in [3.63, 3.8) is 0 Å². The predicted octanol–water partition coefficient (Wildman–Crippen LogP) is 5.94. The minimum atomic E-state index is -0.494. The lowest BCUT2D eigenvalue weighted by atomic mass is 9.94. The number of methoxy groups -OCH3 is 3. The summed E-state index contributed by atoms with van der Waals surface area (Å²) in [4.78, 5) is 12.0. The topological polar surface area (TPSA) is 54.0 Å². The Morgan fingerprint density at radius 3 is 2.09 bits per heavy atom. The molecule has 3 aromatic carbocycles. The maximum atomic E-state index is 14.6. The molecule has 0 heterocycles. The number of rotatable bonds is 9. The van der Waals surface area contributed by atoms with Crippen LogP contribution in [0, 0.1) is 5.82 Å². The first-order chi connectivity index (χ1) is 15.9. The summed E-state index contributed by atoms with van der Waals surface area (Å²) in [5.74, 6) is 0.0180. The minimum absolute atomic E-state index is 0.265. The maximum Gasteiger partial charge on any atom is 0.338 e. The minimum Gasteiger partial charge on any atom is -0.497 e. The van der Waals surface area contributed by atoms with Crippen LogP contribution >= 0.6 is 0 Å². The van der Waals surface area contributed by atoms with Gasteiger partial charge in [-0.05, 0) is 59.5 Å². The van der Waals surface area contributed by atoms with Gasteiger partial charge in [0.25, 0.3) is 0 Å². The molecule has 0 saturated carbocycles. The van der Waals surface area contributed by atoms with Gasteiger partial charge in [-0.3, -0.25) is 0 Å². The highest BCUT2D eigenvalue weighted by Crippen LogP contribution is 2.34. The van der Waals surface area contributed by atoms with E-state index in [0.29, 0.717) is 29.2 Å². The number of carbonyl (C=O) groups is 1. The van der Waals surface area contributed by atoms with E-state index < -0.39 is 5.97 Å². The van der Waals surface area contributed by atoms with Crippen LogP contribution in [0.3, 0.4) is 0 Å². The van der Waals surface area contributed by atoms with Crippen molar-refractivity contribution in [1.82, 2.24) is 0 Å². The van der Waals surface area contributed by atoms with Crippen molar-refractivity contribution >= 4 is 5.97 Å². The molecular weight excluding hydrogens is 423 g/mol. The summed E-state index contributed by atoms with van der Waals surface area (Å²) in [6.45, 7) is 5.82. The summed E-state index contributed by atoms with van der Waals surface area (Å²) < 4.78 is 35.9. The number of halogens is 1. The van der Waals surface area contributed by atoms with Crippen LogP contribution in [-0.2, 0) is 27.5 Å². The molecule has 0 aliphatic heterocycles. The fourth-order valence-electron chi connectivity index (χ4n) is 3.48. The van der Waals surface area contributed by atoms with E-state index in [0.717, 1.165) is 27.8 Å². The Hall–Kier alpha value is -3.48. The standard InChI is InChI=1S/C27H27FO5/c1-17(2)27(29)33-26-11-7-18(13-21(26)16-31-4)23-9-6-19(12-20(23)15-30-3)24-10-8-22(32-5)14-25(24)28/h6-14H,1,15-16H2,2-5H3. The van der Waals surface area contributed by atoms with Gasteiger partial charge in [0, 0.05) is 37.0 Å². The molecule has 0 radical (unpaired) electrons. The van der Waals surface area contributed by atoms with Crippen LogP contribution in [0.1, 0.15) is 18.1 Å². The third kappa shape index (κ3) is 5.66. The van der Waals surface area contributed by atoms with Crippen molar-refractivity contribution in [3.05, 3.63) is 83.7 Å². The molecule has 0 bridgehead atoms. The smallest absolute Gasteiger partial charge is 0.338 e. The third-order valence-electron chi connectivity index (χ3n) is 5.11. The Kier molecular flexibility index (Phi) is 7.98. The molecule has 6 heteroatoms. The van der Waals surface area contributed by atoms with E-state index in [4.69, 9.17) is 18.9 Å². The first-order valence-electron chi connectivity index (χ1n) is 10.3. The van der Waals surface area contributed by atoms with Gasteiger partial charge in [0.2, 0.25) is 0 Å². The zero-order chi connectivity index (χ0) is 24.0. The van der Waals surface area contributed by atoms with Crippen LogP contribution in [0.15, 0.2) is 66.7 Å². The molecule has 0 aliphatic carbocycles. The first-order valence-corrected chi connectivity index (χ1v) is 10.3. The highest BCUT2D eigenvalue weighted by Gasteiger charge is 2.15. The first kappa shape index (κ1) is 24.2. The zero-order valence-corrected chi connectivity index (χ0v) is 19.2. The molecule has 0 unspecified atom stereocenters. The summed E-state index contributed by atoms with van der Waals surface area (Å²) in [6.07, 6.45) is 0. The Bertz CT molecular complexity index is 1170. The molecule has 0 amide bonds. The van der Waals surface area contributed by atoms with Crippen molar-refractivity contribution in [2.45, 2.75) is 20.1 Å². The largest absolute Gasteiger partial charge is 0.497 e. The Labute approximate surface area is 193 Å². The Morgan fingerprint density at radius 1 is 0.848 bits per heavy atom. The molecule has 0 atom stereocenters. The molecule has 0 aliphatic rings. The second-order valence-electron chi connectivity index (χ2n) is 7.58. The molecule has 33 heavy (non-hydrogen) atoms. The van der Waals surface area contributed by atoms with E-state index in [1.54, 1.807) is 39.3 Å². The SMILES string of the molecule is C=C(C)C(=O)Oc1ccc(-c2ccc(-c3ccc(OC)cc3F)cc2COC)cc1COC. The van der Waals surface area contributed by atoms with E-state index in [2.05, 4.69) is 6.58 Å². The number of ether oxygens (including phenoxy) is 4. The van der Waals surface area contributed by atoms with Gasteiger partial charge < -0.3 is 18.9 Å². The summed E-state index contributed by atoms with van der Waals surface area (Å²) in [5.41, 5.74) is 4.94. The number of hydrogen-bond donors (Lipinski definition) is 0. The second kappa shape index (κ2) is 10.9. The van der Waals surface area contributed by atoms with Gasteiger partial charge in [-0.25, -0.2) is 9.18 Å². The van der Waals surface area contributed by atoms with Crippen LogP contribution in [-0.4, -0.2) is 27.3 Å². The average molecular weight is 451 g/mol. The van der Waals surface area contributed by atoms with Crippen LogP contribution in [0.2, 0.25) is 0 Å². The van der Waals surface area contributed by atoms with Crippen LogP contribution in [0.5, 0.6) is 11.5 Å². The summed E-state index contributed by atoms with van der Waals surface area (Å²) in [6, 6.07) is 16.0. The monoisotopic (exact) mass is 450 g/mol. The van der Waals surface area contributed by atoms with Gasteiger partial charge in [-0.1, -0.05) is 24.8 Å². The van der Waals surface area contributed by atoms with Gasteiger partial charge in [0.1, 0.15) is 17.3 Å². The number of carbonyl (C=O) groups excluding carboxylic acids is 1. The molecule has 0 fully saturated rings. The van der Waals surface area contributed by atoms with Crippen molar-refractivity contribution in [3.8, 4) is 33.8 Å². The van der Waals surface area contributed by atoms with Crippen molar-refractivity contribution in [1.29, 1.82) is 0 Å². The van der Waals surface area contributed by atoms with Crippen molar-refractivity contribution in [2.24, 2.45) is 0 Å². The normalized spacial score (nSPS) is 10.7. The average Bonchev–Trinajstić information content (AvgIpc) is 2.80. The zero-order valence-electron chi connectivity index (χ0n) is 19.2. The number of benzene rings is 3.